The van der Waals surface area contributed by atoms with Gasteiger partial charge in [0.2, 0.25) is 0 Å². The normalized spacial score (nSPS) is 15.8. The van der Waals surface area contributed by atoms with Crippen LogP contribution in [-0.4, -0.2) is 28.5 Å². The van der Waals surface area contributed by atoms with Gasteiger partial charge in [-0.3, -0.25) is 4.79 Å². The number of thiazole rings is 1. The minimum Gasteiger partial charge on any atom is -0.477 e. The number of allylic oxidation sites excluding steroid dienone is 1. The molecule has 3 aromatic rings. The van der Waals surface area contributed by atoms with Crippen molar-refractivity contribution in [2.75, 3.05) is 11.9 Å². The highest BCUT2D eigenvalue weighted by molar-refractivity contribution is 7.17. The molecule has 1 aromatic carbocycles. The van der Waals surface area contributed by atoms with Gasteiger partial charge < -0.3 is 15.7 Å². The number of thiophene rings is 1. The molecule has 3 heterocycles. The van der Waals surface area contributed by atoms with Crippen LogP contribution in [0, 0.1) is 0 Å². The second-order valence-electron chi connectivity index (χ2n) is 6.31. The van der Waals surface area contributed by atoms with E-state index >= 15 is 0 Å². The number of aromatic nitrogens is 1. The predicted octanol–water partition coefficient (Wildman–Crippen LogP) is 4.41. The van der Waals surface area contributed by atoms with Crippen molar-refractivity contribution in [2.45, 2.75) is 12.3 Å². The molecule has 3 N–H and O–H groups in total. The minimum absolute atomic E-state index is 0.106. The number of rotatable bonds is 5. The molecule has 1 aliphatic heterocycles. The third-order valence-corrected chi connectivity index (χ3v) is 6.27. The van der Waals surface area contributed by atoms with E-state index in [1.807, 2.05) is 42.6 Å². The molecule has 0 fully saturated rings. The number of carboxylic acids is 1. The second-order valence-corrected chi connectivity index (χ2v) is 8.08. The Kier molecular flexibility index (Phi) is 5.23. The Morgan fingerprint density at radius 2 is 2.07 bits per heavy atom. The number of amides is 1. The van der Waals surface area contributed by atoms with Crippen molar-refractivity contribution >= 4 is 40.2 Å². The van der Waals surface area contributed by atoms with E-state index in [0.29, 0.717) is 16.3 Å². The molecular weight excluding hydrogens is 394 g/mol. The average molecular weight is 412 g/mol. The summed E-state index contributed by atoms with van der Waals surface area (Å²) in [6.07, 6.45) is 4.77. The van der Waals surface area contributed by atoms with Gasteiger partial charge in [0, 0.05) is 28.4 Å². The van der Waals surface area contributed by atoms with E-state index in [4.69, 9.17) is 0 Å². The molecule has 0 spiro atoms. The number of benzene rings is 1. The summed E-state index contributed by atoms with van der Waals surface area (Å²) < 4.78 is 0. The summed E-state index contributed by atoms with van der Waals surface area (Å²) in [6, 6.07) is 9.36. The van der Waals surface area contributed by atoms with Crippen molar-refractivity contribution in [3.63, 3.8) is 0 Å². The zero-order valence-corrected chi connectivity index (χ0v) is 16.3. The Morgan fingerprint density at radius 3 is 2.71 bits per heavy atom. The number of carbonyl (C=O) groups excluding carboxylic acids is 1. The summed E-state index contributed by atoms with van der Waals surface area (Å²) in [6.45, 7) is 0.832. The largest absolute Gasteiger partial charge is 0.477 e. The van der Waals surface area contributed by atoms with Gasteiger partial charge in [-0.2, -0.15) is 0 Å². The standard InChI is InChI=1S/C20H17N3O3S2/c24-19(16-10-27-11-22-16)23-14-3-1-13(2-4-14)17-9-15(18(28-17)20(25)26)12-5-7-21-8-6-12/h1-5,7,9-12,21H,6,8H2,(H,23,24)(H,25,26). The van der Waals surface area contributed by atoms with Gasteiger partial charge in [0.25, 0.3) is 5.91 Å². The zero-order valence-electron chi connectivity index (χ0n) is 14.7. The molecule has 0 aliphatic carbocycles. The summed E-state index contributed by atoms with van der Waals surface area (Å²) >= 11 is 2.65. The van der Waals surface area contributed by atoms with Crippen LogP contribution in [0.2, 0.25) is 0 Å². The van der Waals surface area contributed by atoms with Crippen molar-refractivity contribution in [1.82, 2.24) is 10.3 Å². The van der Waals surface area contributed by atoms with E-state index < -0.39 is 5.97 Å². The first-order valence-corrected chi connectivity index (χ1v) is 10.4. The summed E-state index contributed by atoms with van der Waals surface area (Å²) in [5.41, 5.74) is 4.44. The third-order valence-electron chi connectivity index (χ3n) is 4.49. The quantitative estimate of drug-likeness (QED) is 0.578. The van der Waals surface area contributed by atoms with E-state index in [1.165, 1.54) is 22.7 Å². The number of carboxylic acid groups (broad SMARTS) is 1. The van der Waals surface area contributed by atoms with E-state index in [9.17, 15) is 14.7 Å². The Bertz CT molecular complexity index is 1020. The van der Waals surface area contributed by atoms with Crippen LogP contribution in [0.3, 0.4) is 0 Å². The van der Waals surface area contributed by atoms with Gasteiger partial charge in [-0.15, -0.1) is 22.7 Å². The van der Waals surface area contributed by atoms with Crippen LogP contribution in [0.1, 0.15) is 38.1 Å². The van der Waals surface area contributed by atoms with Crippen LogP contribution < -0.4 is 10.6 Å². The highest BCUT2D eigenvalue weighted by Crippen LogP contribution is 2.37. The SMILES string of the molecule is O=C(Nc1ccc(-c2cc(C3C=CNCC3)c(C(=O)O)s2)cc1)c1cscn1. The molecule has 6 nitrogen and oxygen atoms in total. The molecule has 8 heteroatoms. The van der Waals surface area contributed by atoms with E-state index in [0.717, 1.165) is 29.0 Å². The van der Waals surface area contributed by atoms with Crippen LogP contribution in [-0.2, 0) is 0 Å². The first-order valence-electron chi connectivity index (χ1n) is 8.69. The van der Waals surface area contributed by atoms with E-state index in [-0.39, 0.29) is 11.8 Å². The number of nitrogens with zero attached hydrogens (tertiary/aromatic N) is 1. The minimum atomic E-state index is -0.898. The fourth-order valence-corrected chi connectivity index (χ4v) is 4.70. The average Bonchev–Trinajstić information content (AvgIpc) is 3.40. The van der Waals surface area contributed by atoms with Gasteiger partial charge in [-0.25, -0.2) is 9.78 Å². The molecular formula is C20H17N3O3S2. The lowest BCUT2D eigenvalue weighted by Crippen LogP contribution is -2.16. The first-order chi connectivity index (χ1) is 13.6. The van der Waals surface area contributed by atoms with Crippen LogP contribution >= 0.6 is 22.7 Å². The topological polar surface area (TPSA) is 91.3 Å². The Morgan fingerprint density at radius 1 is 1.25 bits per heavy atom. The molecule has 1 atom stereocenters. The fourth-order valence-electron chi connectivity index (χ4n) is 3.09. The van der Waals surface area contributed by atoms with Crippen LogP contribution in [0.5, 0.6) is 0 Å². The fraction of sp³-hybridized carbons (Fsp3) is 0.150. The van der Waals surface area contributed by atoms with Gasteiger partial charge in [0.1, 0.15) is 10.6 Å². The lowest BCUT2D eigenvalue weighted by molar-refractivity contribution is 0.0700. The molecule has 0 radical (unpaired) electrons. The van der Waals surface area contributed by atoms with Gasteiger partial charge in [-0.05, 0) is 41.9 Å². The first kappa shape index (κ1) is 18.4. The Balaban J connectivity index is 1.57. The van der Waals surface area contributed by atoms with Gasteiger partial charge in [0.05, 0.1) is 5.51 Å². The highest BCUT2D eigenvalue weighted by atomic mass is 32.1. The van der Waals surface area contributed by atoms with Crippen molar-refractivity contribution in [3.05, 3.63) is 69.6 Å². The van der Waals surface area contributed by atoms with Crippen molar-refractivity contribution < 1.29 is 14.7 Å². The smallest absolute Gasteiger partial charge is 0.346 e. The zero-order chi connectivity index (χ0) is 19.5. The molecule has 2 aromatic heterocycles. The molecule has 0 saturated carbocycles. The van der Waals surface area contributed by atoms with E-state index in [1.54, 1.807) is 10.9 Å². The van der Waals surface area contributed by atoms with E-state index in [2.05, 4.69) is 15.6 Å². The summed E-state index contributed by atoms with van der Waals surface area (Å²) in [5.74, 6) is -1.04. The molecule has 0 saturated heterocycles. The summed E-state index contributed by atoms with van der Waals surface area (Å²) in [4.78, 5) is 29.1. The molecule has 1 amide bonds. The Hall–Kier alpha value is -2.97. The van der Waals surface area contributed by atoms with Crippen molar-refractivity contribution in [1.29, 1.82) is 0 Å². The molecule has 4 rings (SSSR count). The van der Waals surface area contributed by atoms with Crippen LogP contribution in [0.25, 0.3) is 10.4 Å². The number of carbonyl (C=O) groups is 2. The number of nitrogens with one attached hydrogen (secondary N) is 2. The number of hydrogen-bond acceptors (Lipinski definition) is 6. The summed E-state index contributed by atoms with van der Waals surface area (Å²) in [5, 5.41) is 17.3. The van der Waals surface area contributed by atoms with Crippen LogP contribution in [0.15, 0.2) is 53.5 Å². The maximum atomic E-state index is 12.1. The number of hydrogen-bond donors (Lipinski definition) is 3. The highest BCUT2D eigenvalue weighted by Gasteiger charge is 2.22. The molecule has 0 bridgehead atoms. The van der Waals surface area contributed by atoms with Gasteiger partial charge >= 0.3 is 5.97 Å². The van der Waals surface area contributed by atoms with Crippen LogP contribution in [0.4, 0.5) is 5.69 Å². The molecule has 1 unspecified atom stereocenters. The predicted molar refractivity (Wildman–Crippen MR) is 111 cm³/mol. The number of aromatic carboxylic acids is 1. The van der Waals surface area contributed by atoms with Gasteiger partial charge in [0.15, 0.2) is 0 Å². The maximum Gasteiger partial charge on any atom is 0.346 e. The monoisotopic (exact) mass is 411 g/mol. The van der Waals surface area contributed by atoms with Crippen molar-refractivity contribution in [3.8, 4) is 10.4 Å². The summed E-state index contributed by atoms with van der Waals surface area (Å²) in [7, 11) is 0. The lowest BCUT2D eigenvalue weighted by atomic mass is 9.93. The Labute approximate surface area is 169 Å². The molecule has 1 aliphatic rings. The second kappa shape index (κ2) is 7.95. The number of anilines is 1. The maximum absolute atomic E-state index is 12.1. The third kappa shape index (κ3) is 3.83. The van der Waals surface area contributed by atoms with Gasteiger partial charge in [-0.1, -0.05) is 18.2 Å². The van der Waals surface area contributed by atoms with Crippen molar-refractivity contribution in [2.24, 2.45) is 0 Å². The molecule has 28 heavy (non-hydrogen) atoms. The molecule has 142 valence electrons. The lowest BCUT2D eigenvalue weighted by Gasteiger charge is -2.17.